The highest BCUT2D eigenvalue weighted by molar-refractivity contribution is 7.47. The minimum atomic E-state index is -4.95. The predicted octanol–water partition coefficient (Wildman–Crippen LogP) is 21.3. The minimum absolute atomic E-state index is 0.106. The maximum atomic E-state index is 13.0. The summed E-state index contributed by atoms with van der Waals surface area (Å²) in [7, 11) is -9.91. The summed E-state index contributed by atoms with van der Waals surface area (Å²) in [4.78, 5) is 72.7. The first-order valence-corrected chi connectivity index (χ1v) is 41.2. The number of aliphatic hydroxyl groups is 1. The topological polar surface area (TPSA) is 237 Å². The van der Waals surface area contributed by atoms with E-state index in [0.29, 0.717) is 31.6 Å². The van der Waals surface area contributed by atoms with Crippen LogP contribution in [0, 0.1) is 23.7 Å². The van der Waals surface area contributed by atoms with Gasteiger partial charge in [0.25, 0.3) is 0 Å². The van der Waals surface area contributed by atoms with Gasteiger partial charge in [0.05, 0.1) is 26.4 Å². The van der Waals surface area contributed by atoms with E-state index in [9.17, 15) is 43.2 Å². The second kappa shape index (κ2) is 63.5. The average molecular weight is 1370 g/mol. The van der Waals surface area contributed by atoms with E-state index in [-0.39, 0.29) is 25.7 Å². The van der Waals surface area contributed by atoms with Crippen molar-refractivity contribution in [3.63, 3.8) is 0 Å². The van der Waals surface area contributed by atoms with Gasteiger partial charge in [0.2, 0.25) is 0 Å². The number of carbonyl (C=O) groups is 4. The quantitative estimate of drug-likeness (QED) is 0.0222. The largest absolute Gasteiger partial charge is 0.472 e. The van der Waals surface area contributed by atoms with Crippen LogP contribution in [0.5, 0.6) is 0 Å². The third-order valence-corrected chi connectivity index (χ3v) is 19.3. The fraction of sp³-hybridized carbons (Fsp3) is 0.946. The average Bonchev–Trinajstić information content (AvgIpc) is 1.71. The van der Waals surface area contributed by atoms with Crippen molar-refractivity contribution in [1.82, 2.24) is 0 Å². The lowest BCUT2D eigenvalue weighted by molar-refractivity contribution is -0.161. The highest BCUT2D eigenvalue weighted by atomic mass is 31.2. The van der Waals surface area contributed by atoms with Gasteiger partial charge >= 0.3 is 39.5 Å². The van der Waals surface area contributed by atoms with E-state index in [4.69, 9.17) is 37.0 Å². The summed E-state index contributed by atoms with van der Waals surface area (Å²) in [6.07, 6.45) is 47.4. The third-order valence-electron chi connectivity index (χ3n) is 17.4. The Labute approximate surface area is 568 Å². The monoisotopic (exact) mass is 1370 g/mol. The van der Waals surface area contributed by atoms with Gasteiger partial charge in [-0.1, -0.05) is 319 Å². The Balaban J connectivity index is 5.21. The molecule has 0 amide bonds. The summed E-state index contributed by atoms with van der Waals surface area (Å²) >= 11 is 0. The standard InChI is InChI=1S/C74H144O17P2/c1-9-67(8)53-45-37-31-33-39-47-55-72(77)85-61-70(91-74(79)57-49-41-29-25-21-17-13-11-15-19-23-27-35-43-51-65(4)5)63-89-93(82,83)87-59-68(75)58-86-92(80,81)88-62-69(60-84-71(76)54-46-38-32-30-36-44-52-66(6)7)90-73(78)56-48-40-28-24-20-16-12-10-14-18-22-26-34-42-50-64(2)3/h64-70,75H,9-63H2,1-8H3,(H,80,81)(H,82,83)/t67?,68-,69+,70+/m0/s1. The molecule has 0 aliphatic carbocycles. The second-order valence-electron chi connectivity index (χ2n) is 28.4. The minimum Gasteiger partial charge on any atom is -0.462 e. The molecule has 0 radical (unpaired) electrons. The number of aliphatic hydroxyl groups excluding tert-OH is 1. The summed E-state index contributed by atoms with van der Waals surface area (Å²) in [6, 6.07) is 0. The van der Waals surface area contributed by atoms with Gasteiger partial charge in [0.1, 0.15) is 19.3 Å². The molecule has 0 saturated heterocycles. The molecule has 17 nitrogen and oxygen atoms in total. The molecule has 0 spiro atoms. The number of esters is 4. The fourth-order valence-corrected chi connectivity index (χ4v) is 12.7. The SMILES string of the molecule is CCC(C)CCCCCCCCC(=O)OC[C@H](COP(=O)(O)OC[C@@H](O)COP(=O)(O)OC[C@@H](COC(=O)CCCCCCCCC(C)C)OC(=O)CCCCCCCCCCCCCCCCC(C)C)OC(=O)CCCCCCCCCCCCCCCCC(C)C. The number of hydrogen-bond donors (Lipinski definition) is 3. The van der Waals surface area contributed by atoms with E-state index >= 15 is 0 Å². The van der Waals surface area contributed by atoms with Crippen LogP contribution in [0.15, 0.2) is 0 Å². The van der Waals surface area contributed by atoms with E-state index in [1.54, 1.807) is 0 Å². The van der Waals surface area contributed by atoms with E-state index in [1.165, 1.54) is 161 Å². The summed E-state index contributed by atoms with van der Waals surface area (Å²) < 4.78 is 68.4. The summed E-state index contributed by atoms with van der Waals surface area (Å²) in [5.41, 5.74) is 0. The van der Waals surface area contributed by atoms with E-state index in [2.05, 4.69) is 55.4 Å². The fourth-order valence-electron chi connectivity index (χ4n) is 11.2. The molecule has 0 aliphatic rings. The maximum Gasteiger partial charge on any atom is 0.472 e. The first kappa shape index (κ1) is 91.1. The zero-order valence-electron chi connectivity index (χ0n) is 60.9. The molecule has 552 valence electrons. The molecular weight excluding hydrogens is 1220 g/mol. The Morgan fingerprint density at radius 2 is 0.516 bits per heavy atom. The number of carbonyl (C=O) groups excluding carboxylic acids is 4. The Kier molecular flexibility index (Phi) is 62.2. The first-order valence-electron chi connectivity index (χ1n) is 38.2. The van der Waals surface area contributed by atoms with Gasteiger partial charge in [0, 0.05) is 25.7 Å². The molecule has 3 N–H and O–H groups in total. The van der Waals surface area contributed by atoms with Crippen molar-refractivity contribution >= 4 is 39.5 Å². The molecule has 6 atom stereocenters. The van der Waals surface area contributed by atoms with Crippen LogP contribution in [0.2, 0.25) is 0 Å². The third kappa shape index (κ3) is 67.0. The zero-order valence-corrected chi connectivity index (χ0v) is 62.7. The van der Waals surface area contributed by atoms with Crippen molar-refractivity contribution in [2.75, 3.05) is 39.6 Å². The molecule has 0 aliphatic heterocycles. The van der Waals surface area contributed by atoms with Gasteiger partial charge in [-0.15, -0.1) is 0 Å². The molecule has 0 aromatic carbocycles. The normalized spacial score (nSPS) is 14.5. The molecule has 93 heavy (non-hydrogen) atoms. The van der Waals surface area contributed by atoms with Crippen LogP contribution < -0.4 is 0 Å². The summed E-state index contributed by atoms with van der Waals surface area (Å²) in [5, 5.41) is 10.6. The highest BCUT2D eigenvalue weighted by Crippen LogP contribution is 2.45. The molecule has 0 aromatic rings. The van der Waals surface area contributed by atoms with Crippen LogP contribution in [0.4, 0.5) is 0 Å². The molecule has 0 bridgehead atoms. The Hall–Kier alpha value is -1.94. The maximum absolute atomic E-state index is 13.0. The van der Waals surface area contributed by atoms with Crippen molar-refractivity contribution in [2.45, 2.75) is 388 Å². The van der Waals surface area contributed by atoms with Crippen LogP contribution in [-0.2, 0) is 65.4 Å². The van der Waals surface area contributed by atoms with Crippen LogP contribution in [-0.4, -0.2) is 96.7 Å². The number of phosphoric acid groups is 2. The van der Waals surface area contributed by atoms with E-state index in [1.807, 2.05) is 0 Å². The summed E-state index contributed by atoms with van der Waals surface area (Å²) in [5.74, 6) is 0.874. The van der Waals surface area contributed by atoms with Crippen molar-refractivity contribution in [2.24, 2.45) is 23.7 Å². The smallest absolute Gasteiger partial charge is 0.462 e. The van der Waals surface area contributed by atoms with Crippen molar-refractivity contribution in [3.05, 3.63) is 0 Å². The van der Waals surface area contributed by atoms with Gasteiger partial charge in [-0.05, 0) is 49.4 Å². The van der Waals surface area contributed by atoms with E-state index in [0.717, 1.165) is 120 Å². The molecule has 0 rings (SSSR count). The van der Waals surface area contributed by atoms with Gasteiger partial charge in [-0.25, -0.2) is 9.13 Å². The van der Waals surface area contributed by atoms with Gasteiger partial charge in [-0.3, -0.25) is 37.3 Å². The molecule has 0 fully saturated rings. The molecule has 19 heteroatoms. The van der Waals surface area contributed by atoms with Crippen molar-refractivity contribution < 1.29 is 80.2 Å². The van der Waals surface area contributed by atoms with Crippen LogP contribution in [0.25, 0.3) is 0 Å². The Morgan fingerprint density at radius 3 is 0.763 bits per heavy atom. The first-order chi connectivity index (χ1) is 44.6. The van der Waals surface area contributed by atoms with Crippen LogP contribution in [0.1, 0.15) is 370 Å². The Bertz CT molecular complexity index is 1840. The van der Waals surface area contributed by atoms with Gasteiger partial charge < -0.3 is 33.8 Å². The lowest BCUT2D eigenvalue weighted by Crippen LogP contribution is -2.30. The lowest BCUT2D eigenvalue weighted by Gasteiger charge is -2.21. The second-order valence-corrected chi connectivity index (χ2v) is 31.3. The number of ether oxygens (including phenoxy) is 4. The Morgan fingerprint density at radius 1 is 0.301 bits per heavy atom. The molecule has 0 aromatic heterocycles. The number of rotatable bonds is 71. The number of hydrogen-bond acceptors (Lipinski definition) is 15. The summed E-state index contributed by atoms with van der Waals surface area (Å²) in [6.45, 7) is 14.1. The molecule has 0 saturated carbocycles. The van der Waals surface area contributed by atoms with E-state index < -0.39 is 97.5 Å². The van der Waals surface area contributed by atoms with Crippen molar-refractivity contribution in [3.8, 4) is 0 Å². The highest BCUT2D eigenvalue weighted by Gasteiger charge is 2.30. The van der Waals surface area contributed by atoms with Gasteiger partial charge in [-0.2, -0.15) is 0 Å². The predicted molar refractivity (Wildman–Crippen MR) is 377 cm³/mol. The molecular formula is C74H144O17P2. The van der Waals surface area contributed by atoms with Crippen LogP contribution >= 0.6 is 15.6 Å². The van der Waals surface area contributed by atoms with Gasteiger partial charge in [0.15, 0.2) is 12.2 Å². The zero-order chi connectivity index (χ0) is 68.9. The van der Waals surface area contributed by atoms with Crippen LogP contribution in [0.3, 0.4) is 0 Å². The number of unbranched alkanes of at least 4 members (excludes halogenated alkanes) is 36. The van der Waals surface area contributed by atoms with Crippen molar-refractivity contribution in [1.29, 1.82) is 0 Å². The lowest BCUT2D eigenvalue weighted by atomic mass is 10.00. The number of phosphoric ester groups is 2. The molecule has 0 heterocycles. The molecule has 3 unspecified atom stereocenters.